The van der Waals surface area contributed by atoms with E-state index in [9.17, 15) is 13.2 Å². The molecule has 2 saturated carbocycles. The van der Waals surface area contributed by atoms with Crippen molar-refractivity contribution in [3.8, 4) is 0 Å². The molecule has 0 saturated heterocycles. The Hall–Kier alpha value is -1.25. The molecular weight excluding hydrogens is 357 g/mol. The normalized spacial score (nSPS) is 28.1. The molecule has 0 aliphatic heterocycles. The van der Waals surface area contributed by atoms with E-state index in [0.717, 1.165) is 30.7 Å². The Kier molecular flexibility index (Phi) is 6.61. The molecule has 3 heteroatoms. The number of allylic oxidation sites excluding steroid dienone is 1. The summed E-state index contributed by atoms with van der Waals surface area (Å²) in [6.45, 7) is 6.26. The third-order valence-electron chi connectivity index (χ3n) is 7.77. The second-order valence-electron chi connectivity index (χ2n) is 9.30. The molecule has 2 fully saturated rings. The molecule has 28 heavy (non-hydrogen) atoms. The van der Waals surface area contributed by atoms with Gasteiger partial charge in [-0.25, -0.2) is 0 Å². The third-order valence-corrected chi connectivity index (χ3v) is 7.77. The zero-order chi connectivity index (χ0) is 20.3. The van der Waals surface area contributed by atoms with Crippen molar-refractivity contribution in [3.63, 3.8) is 0 Å². The maximum absolute atomic E-state index is 13.0. The minimum atomic E-state index is -4.27. The molecule has 0 aromatic heterocycles. The van der Waals surface area contributed by atoms with Gasteiger partial charge in [0.2, 0.25) is 0 Å². The summed E-state index contributed by atoms with van der Waals surface area (Å²) >= 11 is 0. The fraction of sp³-hybridized carbons (Fsp3) is 0.680. The lowest BCUT2D eigenvalue weighted by Crippen LogP contribution is -2.40. The van der Waals surface area contributed by atoms with E-state index >= 15 is 0 Å². The van der Waals surface area contributed by atoms with Gasteiger partial charge in [-0.05, 0) is 85.8 Å². The number of rotatable bonds is 6. The molecule has 0 radical (unpaired) electrons. The predicted octanol–water partition coefficient (Wildman–Crippen LogP) is 8.46. The molecule has 0 heterocycles. The SMILES string of the molecule is C=CCC1(c2ccc(C(F)(F)F)cc2)CCC(C2(CCC)CCCCC2)CC1. The summed E-state index contributed by atoms with van der Waals surface area (Å²) in [4.78, 5) is 0. The van der Waals surface area contributed by atoms with Crippen LogP contribution in [0.25, 0.3) is 0 Å². The van der Waals surface area contributed by atoms with E-state index in [1.165, 1.54) is 69.9 Å². The van der Waals surface area contributed by atoms with Crippen molar-refractivity contribution in [1.82, 2.24) is 0 Å². The molecule has 0 amide bonds. The summed E-state index contributed by atoms with van der Waals surface area (Å²) in [6, 6.07) is 5.95. The Bertz CT molecular complexity index is 621. The summed E-state index contributed by atoms with van der Waals surface area (Å²) < 4.78 is 38.9. The summed E-state index contributed by atoms with van der Waals surface area (Å²) in [6.07, 6.45) is 12.6. The van der Waals surface area contributed by atoms with Crippen molar-refractivity contribution < 1.29 is 13.2 Å². The standard InChI is InChI=1S/C25H35F3/c1-3-14-23(16-6-5-7-17-23)21-12-18-24(15-4-2,19-13-21)20-8-10-22(11-9-20)25(26,27)28/h4,8-11,21H,2-3,5-7,12-19H2,1H3. The Morgan fingerprint density at radius 2 is 1.61 bits per heavy atom. The smallest absolute Gasteiger partial charge is 0.166 e. The van der Waals surface area contributed by atoms with Gasteiger partial charge in [-0.3, -0.25) is 0 Å². The van der Waals surface area contributed by atoms with E-state index in [4.69, 9.17) is 0 Å². The first-order valence-corrected chi connectivity index (χ1v) is 11.1. The number of alkyl halides is 3. The van der Waals surface area contributed by atoms with E-state index in [-0.39, 0.29) is 5.41 Å². The second kappa shape index (κ2) is 8.63. The van der Waals surface area contributed by atoms with Crippen molar-refractivity contribution in [2.45, 2.75) is 95.6 Å². The summed E-state index contributed by atoms with van der Waals surface area (Å²) in [7, 11) is 0. The minimum absolute atomic E-state index is 0.0373. The maximum Gasteiger partial charge on any atom is 0.416 e. The molecule has 0 atom stereocenters. The van der Waals surface area contributed by atoms with Gasteiger partial charge < -0.3 is 0 Å². The van der Waals surface area contributed by atoms with Crippen LogP contribution in [0.15, 0.2) is 36.9 Å². The quantitative estimate of drug-likeness (QED) is 0.426. The van der Waals surface area contributed by atoms with Crippen molar-refractivity contribution in [1.29, 1.82) is 0 Å². The molecular formula is C25H35F3. The number of halogens is 3. The molecule has 1 aromatic rings. The highest BCUT2D eigenvalue weighted by Gasteiger charge is 2.44. The van der Waals surface area contributed by atoms with Crippen molar-refractivity contribution in [3.05, 3.63) is 48.0 Å². The molecule has 0 N–H and O–H groups in total. The van der Waals surface area contributed by atoms with Crippen LogP contribution in [0.2, 0.25) is 0 Å². The molecule has 0 spiro atoms. The maximum atomic E-state index is 13.0. The first kappa shape index (κ1) is 21.5. The lowest BCUT2D eigenvalue weighted by atomic mass is 9.55. The Morgan fingerprint density at radius 3 is 2.11 bits per heavy atom. The summed E-state index contributed by atoms with van der Waals surface area (Å²) in [5.41, 5.74) is 0.993. The lowest BCUT2D eigenvalue weighted by Gasteiger charge is -2.50. The van der Waals surface area contributed by atoms with Gasteiger partial charge in [-0.15, -0.1) is 6.58 Å². The van der Waals surface area contributed by atoms with Gasteiger partial charge in [0.1, 0.15) is 0 Å². The largest absolute Gasteiger partial charge is 0.416 e. The molecule has 0 bridgehead atoms. The highest BCUT2D eigenvalue weighted by molar-refractivity contribution is 5.32. The highest BCUT2D eigenvalue weighted by atomic mass is 19.4. The zero-order valence-electron chi connectivity index (χ0n) is 17.3. The fourth-order valence-corrected chi connectivity index (χ4v) is 6.30. The molecule has 0 unspecified atom stereocenters. The van der Waals surface area contributed by atoms with Crippen LogP contribution < -0.4 is 0 Å². The topological polar surface area (TPSA) is 0 Å². The Morgan fingerprint density at radius 1 is 1.00 bits per heavy atom. The first-order chi connectivity index (χ1) is 13.4. The van der Waals surface area contributed by atoms with Gasteiger partial charge in [0.05, 0.1) is 5.56 Å². The summed E-state index contributed by atoms with van der Waals surface area (Å²) in [5, 5.41) is 0. The molecule has 1 aromatic carbocycles. The monoisotopic (exact) mass is 392 g/mol. The van der Waals surface area contributed by atoms with Gasteiger partial charge in [-0.1, -0.05) is 50.8 Å². The average Bonchev–Trinajstić information content (AvgIpc) is 2.69. The third kappa shape index (κ3) is 4.33. The molecule has 3 rings (SSSR count). The minimum Gasteiger partial charge on any atom is -0.166 e. The van der Waals surface area contributed by atoms with Crippen LogP contribution in [0.4, 0.5) is 13.2 Å². The fourth-order valence-electron chi connectivity index (χ4n) is 6.30. The van der Waals surface area contributed by atoms with E-state index in [1.54, 1.807) is 12.1 Å². The van der Waals surface area contributed by atoms with Gasteiger partial charge in [0.15, 0.2) is 0 Å². The second-order valence-corrected chi connectivity index (χ2v) is 9.30. The van der Waals surface area contributed by atoms with E-state index < -0.39 is 11.7 Å². The molecule has 2 aliphatic carbocycles. The highest BCUT2D eigenvalue weighted by Crippen LogP contribution is 2.55. The summed E-state index contributed by atoms with van der Waals surface area (Å²) in [5.74, 6) is 0.778. The van der Waals surface area contributed by atoms with Crippen molar-refractivity contribution >= 4 is 0 Å². The van der Waals surface area contributed by atoms with Gasteiger partial charge >= 0.3 is 6.18 Å². The Balaban J connectivity index is 1.78. The zero-order valence-corrected chi connectivity index (χ0v) is 17.3. The van der Waals surface area contributed by atoms with Crippen molar-refractivity contribution in [2.75, 3.05) is 0 Å². The van der Waals surface area contributed by atoms with E-state index in [0.29, 0.717) is 5.41 Å². The van der Waals surface area contributed by atoms with Gasteiger partial charge in [0, 0.05) is 0 Å². The predicted molar refractivity (Wildman–Crippen MR) is 110 cm³/mol. The van der Waals surface area contributed by atoms with Crippen LogP contribution in [-0.2, 0) is 11.6 Å². The molecule has 0 nitrogen and oxygen atoms in total. The average molecular weight is 393 g/mol. The van der Waals surface area contributed by atoms with Crippen LogP contribution in [-0.4, -0.2) is 0 Å². The van der Waals surface area contributed by atoms with E-state index in [1.807, 2.05) is 6.08 Å². The van der Waals surface area contributed by atoms with Crippen LogP contribution in [0, 0.1) is 11.3 Å². The van der Waals surface area contributed by atoms with Crippen LogP contribution >= 0.6 is 0 Å². The number of hydrogen-bond donors (Lipinski definition) is 0. The lowest BCUT2D eigenvalue weighted by molar-refractivity contribution is -0.137. The van der Waals surface area contributed by atoms with Crippen LogP contribution in [0.5, 0.6) is 0 Å². The van der Waals surface area contributed by atoms with Gasteiger partial charge in [0.25, 0.3) is 0 Å². The first-order valence-electron chi connectivity index (χ1n) is 11.1. The number of benzene rings is 1. The molecule has 2 aliphatic rings. The van der Waals surface area contributed by atoms with E-state index in [2.05, 4.69) is 13.5 Å². The van der Waals surface area contributed by atoms with Crippen molar-refractivity contribution in [2.24, 2.45) is 11.3 Å². The number of hydrogen-bond acceptors (Lipinski definition) is 0. The van der Waals surface area contributed by atoms with Crippen LogP contribution in [0.3, 0.4) is 0 Å². The van der Waals surface area contributed by atoms with Gasteiger partial charge in [-0.2, -0.15) is 13.2 Å². The van der Waals surface area contributed by atoms with Crippen LogP contribution in [0.1, 0.15) is 95.1 Å². The molecule has 156 valence electrons. The Labute approximate surface area is 168 Å².